The SMILES string of the molecule is CC(C)/C=C/C(=O)N1CCN(c2nc(-c3ccc(NC(=O)c4ccccn4)cc3)c3c(N)nccn23)C1. The quantitative estimate of drug-likeness (QED) is 0.392. The van der Waals surface area contributed by atoms with Crippen molar-refractivity contribution in [3.05, 3.63) is 78.9 Å². The summed E-state index contributed by atoms with van der Waals surface area (Å²) in [6.45, 7) is 5.77. The van der Waals surface area contributed by atoms with Gasteiger partial charge in [0, 0.05) is 42.9 Å². The van der Waals surface area contributed by atoms with Gasteiger partial charge in [-0.1, -0.05) is 38.1 Å². The molecule has 10 heteroatoms. The van der Waals surface area contributed by atoms with Crippen molar-refractivity contribution < 1.29 is 9.59 Å². The molecule has 37 heavy (non-hydrogen) atoms. The van der Waals surface area contributed by atoms with Crippen LogP contribution in [0.15, 0.2) is 73.2 Å². The Kier molecular flexibility index (Phi) is 6.55. The third-order valence-electron chi connectivity index (χ3n) is 6.08. The maximum absolute atomic E-state index is 12.6. The van der Waals surface area contributed by atoms with E-state index in [1.54, 1.807) is 41.6 Å². The number of anilines is 3. The smallest absolute Gasteiger partial charge is 0.274 e. The molecule has 0 aliphatic carbocycles. The Morgan fingerprint density at radius 3 is 2.59 bits per heavy atom. The van der Waals surface area contributed by atoms with Crippen LogP contribution in [0.1, 0.15) is 24.3 Å². The van der Waals surface area contributed by atoms with Crippen LogP contribution >= 0.6 is 0 Å². The van der Waals surface area contributed by atoms with Crippen molar-refractivity contribution in [1.82, 2.24) is 24.3 Å². The number of carbonyl (C=O) groups excluding carboxylic acids is 2. The number of carbonyl (C=O) groups is 2. The summed E-state index contributed by atoms with van der Waals surface area (Å²) < 4.78 is 1.91. The Hall–Kier alpha value is -4.73. The number of fused-ring (bicyclic) bond motifs is 1. The largest absolute Gasteiger partial charge is 0.382 e. The molecule has 0 bridgehead atoms. The number of allylic oxidation sites excluding steroid dienone is 1. The summed E-state index contributed by atoms with van der Waals surface area (Å²) in [6.07, 6.45) is 8.58. The van der Waals surface area contributed by atoms with Crippen LogP contribution in [-0.2, 0) is 4.79 Å². The fourth-order valence-electron chi connectivity index (χ4n) is 4.19. The van der Waals surface area contributed by atoms with Gasteiger partial charge in [-0.25, -0.2) is 9.97 Å². The molecule has 1 fully saturated rings. The van der Waals surface area contributed by atoms with Gasteiger partial charge >= 0.3 is 0 Å². The Morgan fingerprint density at radius 2 is 1.86 bits per heavy atom. The van der Waals surface area contributed by atoms with Crippen molar-refractivity contribution >= 4 is 34.8 Å². The normalized spacial score (nSPS) is 13.7. The molecule has 4 heterocycles. The third-order valence-corrected chi connectivity index (χ3v) is 6.08. The molecule has 2 amide bonds. The molecule has 1 aliphatic heterocycles. The van der Waals surface area contributed by atoms with E-state index in [0.29, 0.717) is 60.0 Å². The van der Waals surface area contributed by atoms with Crippen LogP contribution < -0.4 is 16.0 Å². The number of hydrogen-bond donors (Lipinski definition) is 2. The fourth-order valence-corrected chi connectivity index (χ4v) is 4.19. The van der Waals surface area contributed by atoms with Crippen molar-refractivity contribution in [1.29, 1.82) is 0 Å². The van der Waals surface area contributed by atoms with Crippen molar-refractivity contribution in [2.75, 3.05) is 35.7 Å². The lowest BCUT2D eigenvalue weighted by Gasteiger charge is -2.17. The first-order chi connectivity index (χ1) is 17.9. The van der Waals surface area contributed by atoms with Crippen molar-refractivity contribution in [2.45, 2.75) is 13.8 Å². The average molecular weight is 497 g/mol. The lowest BCUT2D eigenvalue weighted by molar-refractivity contribution is -0.124. The molecule has 5 rings (SSSR count). The Labute approximate surface area is 214 Å². The van der Waals surface area contributed by atoms with Crippen molar-refractivity contribution in [3.8, 4) is 11.3 Å². The zero-order chi connectivity index (χ0) is 25.9. The number of aromatic nitrogens is 4. The lowest BCUT2D eigenvalue weighted by atomic mass is 10.1. The molecule has 0 atom stereocenters. The molecular weight excluding hydrogens is 468 g/mol. The van der Waals surface area contributed by atoms with Gasteiger partial charge in [0.25, 0.3) is 5.91 Å². The van der Waals surface area contributed by atoms with Crippen molar-refractivity contribution in [2.24, 2.45) is 5.92 Å². The standard InChI is InChI=1S/C27H28N8O2/c1-18(2)6-11-22(36)33-15-16-34(17-33)27-32-23(24-25(28)30-13-14-35(24)27)19-7-9-20(10-8-19)31-26(37)21-5-3-4-12-29-21/h3-14,18H,15-17H2,1-2H3,(H2,28,30)(H,31,37)/b11-6+. The minimum absolute atomic E-state index is 0.0122. The molecule has 1 saturated heterocycles. The summed E-state index contributed by atoms with van der Waals surface area (Å²) in [5.41, 5.74) is 9.45. The average Bonchev–Trinajstić information content (AvgIpc) is 3.54. The van der Waals surface area contributed by atoms with Gasteiger partial charge in [0.1, 0.15) is 22.7 Å². The predicted octanol–water partition coefficient (Wildman–Crippen LogP) is 3.44. The fraction of sp³-hybridized carbons (Fsp3) is 0.222. The Balaban J connectivity index is 1.41. The van der Waals surface area contributed by atoms with Gasteiger partial charge in [0.15, 0.2) is 0 Å². The van der Waals surface area contributed by atoms with E-state index in [2.05, 4.69) is 20.2 Å². The predicted molar refractivity (Wildman–Crippen MR) is 143 cm³/mol. The zero-order valence-electron chi connectivity index (χ0n) is 20.7. The number of amides is 2. The first-order valence-corrected chi connectivity index (χ1v) is 12.1. The minimum atomic E-state index is -0.284. The summed E-state index contributed by atoms with van der Waals surface area (Å²) in [4.78, 5) is 42.1. The summed E-state index contributed by atoms with van der Waals surface area (Å²) in [6, 6.07) is 12.6. The molecule has 10 nitrogen and oxygen atoms in total. The monoisotopic (exact) mass is 496 g/mol. The number of nitrogens with zero attached hydrogens (tertiary/aromatic N) is 6. The number of nitrogens with two attached hydrogens (primary N) is 1. The Morgan fingerprint density at radius 1 is 1.05 bits per heavy atom. The van der Waals surface area contributed by atoms with E-state index >= 15 is 0 Å². The summed E-state index contributed by atoms with van der Waals surface area (Å²) >= 11 is 0. The number of benzene rings is 1. The van der Waals surface area contributed by atoms with E-state index < -0.39 is 0 Å². The van der Waals surface area contributed by atoms with E-state index in [-0.39, 0.29) is 11.8 Å². The van der Waals surface area contributed by atoms with E-state index in [1.165, 1.54) is 0 Å². The maximum Gasteiger partial charge on any atom is 0.274 e. The van der Waals surface area contributed by atoms with Crippen LogP contribution in [0.2, 0.25) is 0 Å². The van der Waals surface area contributed by atoms with E-state index in [9.17, 15) is 9.59 Å². The number of nitrogens with one attached hydrogen (secondary N) is 1. The number of pyridine rings is 1. The molecule has 0 spiro atoms. The highest BCUT2D eigenvalue weighted by atomic mass is 16.2. The van der Waals surface area contributed by atoms with Crippen LogP contribution in [-0.4, -0.2) is 55.8 Å². The second kappa shape index (κ2) is 10.1. The molecule has 0 unspecified atom stereocenters. The van der Waals surface area contributed by atoms with Gasteiger partial charge in [-0.2, -0.15) is 0 Å². The van der Waals surface area contributed by atoms with Gasteiger partial charge < -0.3 is 20.9 Å². The highest BCUT2D eigenvalue weighted by Gasteiger charge is 2.28. The molecular formula is C27H28N8O2. The van der Waals surface area contributed by atoms with Gasteiger partial charge in [-0.3, -0.25) is 19.0 Å². The number of rotatable bonds is 6. The van der Waals surface area contributed by atoms with Crippen LogP contribution in [0.4, 0.5) is 17.5 Å². The summed E-state index contributed by atoms with van der Waals surface area (Å²) in [5.74, 6) is 1.06. The first-order valence-electron chi connectivity index (χ1n) is 12.1. The van der Waals surface area contributed by atoms with Gasteiger partial charge in [0.2, 0.25) is 11.9 Å². The van der Waals surface area contributed by atoms with Crippen LogP contribution in [0.25, 0.3) is 16.8 Å². The highest BCUT2D eigenvalue weighted by Crippen LogP contribution is 2.32. The van der Waals surface area contributed by atoms with E-state index in [0.717, 1.165) is 5.56 Å². The summed E-state index contributed by atoms with van der Waals surface area (Å²) in [5, 5.41) is 2.85. The third kappa shape index (κ3) is 4.99. The maximum atomic E-state index is 12.6. The second-order valence-electron chi connectivity index (χ2n) is 9.15. The molecule has 0 radical (unpaired) electrons. The van der Waals surface area contributed by atoms with Gasteiger partial charge in [-0.15, -0.1) is 0 Å². The molecule has 1 aromatic carbocycles. The molecule has 188 valence electrons. The first kappa shape index (κ1) is 24.0. The van der Waals surface area contributed by atoms with Crippen LogP contribution in [0.3, 0.4) is 0 Å². The van der Waals surface area contributed by atoms with Crippen molar-refractivity contribution in [3.63, 3.8) is 0 Å². The molecule has 1 aliphatic rings. The zero-order valence-corrected chi connectivity index (χ0v) is 20.7. The topological polar surface area (TPSA) is 122 Å². The molecule has 0 saturated carbocycles. The van der Waals surface area contributed by atoms with E-state index in [1.807, 2.05) is 54.8 Å². The van der Waals surface area contributed by atoms with Gasteiger partial charge in [0.05, 0.1) is 6.67 Å². The van der Waals surface area contributed by atoms with Gasteiger partial charge in [-0.05, 0) is 36.3 Å². The molecule has 4 aromatic rings. The van der Waals surface area contributed by atoms with Crippen LogP contribution in [0.5, 0.6) is 0 Å². The molecule has 3 aromatic heterocycles. The van der Waals surface area contributed by atoms with E-state index in [4.69, 9.17) is 10.7 Å². The molecule has 3 N–H and O–H groups in total. The lowest BCUT2D eigenvalue weighted by Crippen LogP contribution is -2.30. The number of imidazole rings is 1. The van der Waals surface area contributed by atoms with Crippen LogP contribution in [0, 0.1) is 5.92 Å². The highest BCUT2D eigenvalue weighted by molar-refractivity contribution is 6.03. The number of hydrogen-bond acceptors (Lipinski definition) is 7. The minimum Gasteiger partial charge on any atom is -0.382 e. The number of nitrogen functional groups attached to an aromatic ring is 1. The second-order valence-corrected chi connectivity index (χ2v) is 9.15. The Bertz CT molecular complexity index is 1460. The summed E-state index contributed by atoms with van der Waals surface area (Å²) in [7, 11) is 0.